The summed E-state index contributed by atoms with van der Waals surface area (Å²) in [5.41, 5.74) is 5.27. The Bertz CT molecular complexity index is 864. The first-order chi connectivity index (χ1) is 11.1. The lowest BCUT2D eigenvalue weighted by Crippen LogP contribution is -2.43. The molecule has 3 rings (SSSR count). The lowest BCUT2D eigenvalue weighted by atomic mass is 10.2. The minimum atomic E-state index is -0.540. The van der Waals surface area contributed by atoms with Gasteiger partial charge in [0, 0.05) is 15.8 Å². The van der Waals surface area contributed by atoms with Crippen molar-refractivity contribution >= 4 is 50.6 Å². The number of carbonyl (C=O) groups excluding carboxylic acids is 2. The van der Waals surface area contributed by atoms with Crippen molar-refractivity contribution in [3.05, 3.63) is 64.5 Å². The third-order valence-electron chi connectivity index (χ3n) is 3.06. The molecule has 0 aliphatic carbocycles. The van der Waals surface area contributed by atoms with Crippen molar-refractivity contribution in [2.45, 2.75) is 0 Å². The average Bonchev–Trinajstić information content (AvgIpc) is 2.91. The van der Waals surface area contributed by atoms with E-state index in [1.54, 1.807) is 24.3 Å². The van der Waals surface area contributed by atoms with Gasteiger partial charge in [0.05, 0.1) is 5.02 Å². The van der Waals surface area contributed by atoms with E-state index >= 15 is 0 Å². The highest BCUT2D eigenvalue weighted by Crippen LogP contribution is 2.34. The molecule has 2 aromatic carbocycles. The van der Waals surface area contributed by atoms with Crippen molar-refractivity contribution in [1.29, 1.82) is 0 Å². The molecule has 116 valence electrons. The van der Waals surface area contributed by atoms with Crippen LogP contribution < -0.4 is 16.2 Å². The Hall–Kier alpha value is -2.57. The number of benzene rings is 2. The number of anilines is 1. The van der Waals surface area contributed by atoms with E-state index in [-0.39, 0.29) is 0 Å². The standard InChI is InChI=1S/C16H12ClN3O2S/c17-13-11-8-4-5-9-12(11)23-14(13)15(21)19-20-16(22)18-10-6-2-1-3-7-10/h1-9H,(H,19,21)(H2,18,20,22). The monoisotopic (exact) mass is 345 g/mol. The molecule has 3 N–H and O–H groups in total. The number of fused-ring (bicyclic) bond motifs is 1. The summed E-state index contributed by atoms with van der Waals surface area (Å²) in [5.74, 6) is -0.459. The number of hydrogen-bond donors (Lipinski definition) is 3. The van der Waals surface area contributed by atoms with E-state index < -0.39 is 11.9 Å². The van der Waals surface area contributed by atoms with Gasteiger partial charge in [0.15, 0.2) is 0 Å². The maximum absolute atomic E-state index is 12.2. The molecule has 7 heteroatoms. The zero-order chi connectivity index (χ0) is 16.2. The van der Waals surface area contributed by atoms with Crippen LogP contribution in [-0.4, -0.2) is 11.9 Å². The molecule has 0 aliphatic heterocycles. The van der Waals surface area contributed by atoms with Crippen LogP contribution in [0.15, 0.2) is 54.6 Å². The minimum Gasteiger partial charge on any atom is -0.307 e. The topological polar surface area (TPSA) is 70.2 Å². The van der Waals surface area contributed by atoms with Gasteiger partial charge in [0.1, 0.15) is 4.88 Å². The van der Waals surface area contributed by atoms with Crippen LogP contribution in [0.25, 0.3) is 10.1 Å². The summed E-state index contributed by atoms with van der Waals surface area (Å²) in [6.45, 7) is 0. The number of hydrazine groups is 1. The van der Waals surface area contributed by atoms with Gasteiger partial charge < -0.3 is 5.32 Å². The van der Waals surface area contributed by atoms with E-state index in [1.165, 1.54) is 11.3 Å². The molecule has 3 amide bonds. The quantitative estimate of drug-likeness (QED) is 0.614. The Labute approximate surface area is 141 Å². The second-order valence-corrected chi connectivity index (χ2v) is 6.07. The number of nitrogens with one attached hydrogen (secondary N) is 3. The highest BCUT2D eigenvalue weighted by atomic mass is 35.5. The number of rotatable bonds is 2. The fourth-order valence-corrected chi connectivity index (χ4v) is 3.43. The van der Waals surface area contributed by atoms with Crippen LogP contribution in [0.3, 0.4) is 0 Å². The van der Waals surface area contributed by atoms with Gasteiger partial charge >= 0.3 is 6.03 Å². The zero-order valence-electron chi connectivity index (χ0n) is 11.8. The number of hydrogen-bond acceptors (Lipinski definition) is 3. The highest BCUT2D eigenvalue weighted by Gasteiger charge is 2.17. The molecule has 0 saturated heterocycles. The number of carbonyl (C=O) groups is 2. The van der Waals surface area contributed by atoms with Gasteiger partial charge in [0.2, 0.25) is 0 Å². The molecule has 0 unspecified atom stereocenters. The van der Waals surface area contributed by atoms with Gasteiger partial charge in [-0.05, 0) is 18.2 Å². The lowest BCUT2D eigenvalue weighted by Gasteiger charge is -2.08. The van der Waals surface area contributed by atoms with Crippen LogP contribution in [-0.2, 0) is 0 Å². The second-order valence-electron chi connectivity index (χ2n) is 4.64. The van der Waals surface area contributed by atoms with E-state index in [9.17, 15) is 9.59 Å². The molecular weight excluding hydrogens is 334 g/mol. The van der Waals surface area contributed by atoms with Gasteiger partial charge in [-0.3, -0.25) is 10.2 Å². The summed E-state index contributed by atoms with van der Waals surface area (Å²) < 4.78 is 0.913. The van der Waals surface area contributed by atoms with Crippen LogP contribution in [0, 0.1) is 0 Å². The summed E-state index contributed by atoms with van der Waals surface area (Å²) in [6, 6.07) is 15.8. The average molecular weight is 346 g/mol. The molecule has 0 radical (unpaired) electrons. The van der Waals surface area contributed by atoms with Crippen LogP contribution in [0.5, 0.6) is 0 Å². The fourth-order valence-electron chi connectivity index (χ4n) is 2.01. The maximum atomic E-state index is 12.2. The summed E-state index contributed by atoms with van der Waals surface area (Å²) >= 11 is 7.49. The van der Waals surface area contributed by atoms with Crippen molar-refractivity contribution in [2.24, 2.45) is 0 Å². The molecule has 0 saturated carbocycles. The molecule has 1 heterocycles. The third kappa shape index (κ3) is 3.44. The first kappa shape index (κ1) is 15.3. The Morgan fingerprint density at radius 3 is 2.35 bits per heavy atom. The second kappa shape index (κ2) is 6.68. The van der Waals surface area contributed by atoms with Crippen molar-refractivity contribution in [3.63, 3.8) is 0 Å². The van der Waals surface area contributed by atoms with E-state index in [2.05, 4.69) is 16.2 Å². The third-order valence-corrected chi connectivity index (χ3v) is 4.74. The van der Waals surface area contributed by atoms with Gasteiger partial charge in [0.25, 0.3) is 5.91 Å². The summed E-state index contributed by atoms with van der Waals surface area (Å²) in [6.07, 6.45) is 0. The summed E-state index contributed by atoms with van der Waals surface area (Å²) in [5, 5.41) is 3.80. The lowest BCUT2D eigenvalue weighted by molar-refractivity contribution is 0.0942. The van der Waals surface area contributed by atoms with Crippen molar-refractivity contribution in [2.75, 3.05) is 5.32 Å². The predicted octanol–water partition coefficient (Wildman–Crippen LogP) is 4.02. The van der Waals surface area contributed by atoms with Gasteiger partial charge in [-0.1, -0.05) is 48.0 Å². The number of halogens is 1. The Balaban J connectivity index is 1.64. The molecule has 0 fully saturated rings. The first-order valence-corrected chi connectivity index (χ1v) is 7.94. The molecule has 0 bridgehead atoms. The van der Waals surface area contributed by atoms with Crippen molar-refractivity contribution < 1.29 is 9.59 Å². The van der Waals surface area contributed by atoms with E-state index in [0.717, 1.165) is 10.1 Å². The number of urea groups is 1. The Morgan fingerprint density at radius 1 is 0.913 bits per heavy atom. The largest absolute Gasteiger partial charge is 0.337 e. The normalized spacial score (nSPS) is 10.3. The molecular formula is C16H12ClN3O2S. The molecule has 5 nitrogen and oxygen atoms in total. The first-order valence-electron chi connectivity index (χ1n) is 6.74. The van der Waals surface area contributed by atoms with E-state index in [1.807, 2.05) is 30.3 Å². The molecule has 0 atom stereocenters. The minimum absolute atomic E-state index is 0.355. The van der Waals surface area contributed by atoms with Crippen LogP contribution in [0.2, 0.25) is 5.02 Å². The van der Waals surface area contributed by atoms with E-state index in [4.69, 9.17) is 11.6 Å². The fraction of sp³-hybridized carbons (Fsp3) is 0. The zero-order valence-corrected chi connectivity index (χ0v) is 13.4. The van der Waals surface area contributed by atoms with Gasteiger partial charge in [-0.15, -0.1) is 11.3 Å². The molecule has 0 aliphatic rings. The Morgan fingerprint density at radius 2 is 1.61 bits per heavy atom. The maximum Gasteiger partial charge on any atom is 0.337 e. The summed E-state index contributed by atoms with van der Waals surface area (Å²) in [7, 11) is 0. The number of amides is 3. The molecule has 3 aromatic rings. The smallest absolute Gasteiger partial charge is 0.307 e. The van der Waals surface area contributed by atoms with Crippen molar-refractivity contribution in [3.8, 4) is 0 Å². The summed E-state index contributed by atoms with van der Waals surface area (Å²) in [4.78, 5) is 24.3. The van der Waals surface area contributed by atoms with Crippen LogP contribution >= 0.6 is 22.9 Å². The Kier molecular flexibility index (Phi) is 4.45. The van der Waals surface area contributed by atoms with Crippen molar-refractivity contribution in [1.82, 2.24) is 10.9 Å². The van der Waals surface area contributed by atoms with Crippen LogP contribution in [0.1, 0.15) is 9.67 Å². The highest BCUT2D eigenvalue weighted by molar-refractivity contribution is 7.21. The SMILES string of the molecule is O=C(NNC(=O)c1sc2ccccc2c1Cl)Nc1ccccc1. The number of para-hydroxylation sites is 1. The van der Waals surface area contributed by atoms with E-state index in [0.29, 0.717) is 15.6 Å². The number of thiophene rings is 1. The van der Waals surface area contributed by atoms with Crippen LogP contribution in [0.4, 0.5) is 10.5 Å². The molecule has 1 aromatic heterocycles. The molecule has 0 spiro atoms. The van der Waals surface area contributed by atoms with Gasteiger partial charge in [-0.2, -0.15) is 0 Å². The van der Waals surface area contributed by atoms with Gasteiger partial charge in [-0.25, -0.2) is 10.2 Å². The predicted molar refractivity (Wildman–Crippen MR) is 92.9 cm³/mol. The molecule has 23 heavy (non-hydrogen) atoms.